The number of carbonyl (C=O) groups excluding carboxylic acids is 1. The zero-order chi connectivity index (χ0) is 17.4. The Kier molecular flexibility index (Phi) is 4.19. The SMILES string of the molecule is CCOc1cc2c(cc1-c1cn(C3CC(=O)N(CC)C3)nn1)CCC2. The number of hydrogen-bond donors (Lipinski definition) is 0. The van der Waals surface area contributed by atoms with Crippen molar-refractivity contribution in [3.8, 4) is 17.0 Å². The van der Waals surface area contributed by atoms with E-state index in [1.54, 1.807) is 0 Å². The number of fused-ring (bicyclic) bond motifs is 1. The molecule has 0 radical (unpaired) electrons. The molecule has 6 nitrogen and oxygen atoms in total. The Bertz CT molecular complexity index is 799. The number of likely N-dealkylation sites (N-methyl/N-ethyl adjacent to an activating group) is 1. The first-order valence-electron chi connectivity index (χ1n) is 9.18. The fourth-order valence-corrected chi connectivity index (χ4v) is 3.89. The molecule has 1 aliphatic carbocycles. The van der Waals surface area contributed by atoms with Crippen LogP contribution in [0.25, 0.3) is 11.3 Å². The van der Waals surface area contributed by atoms with Gasteiger partial charge >= 0.3 is 0 Å². The molecule has 1 aliphatic heterocycles. The maximum absolute atomic E-state index is 12.0. The lowest BCUT2D eigenvalue weighted by Gasteiger charge is -2.13. The monoisotopic (exact) mass is 340 g/mol. The summed E-state index contributed by atoms with van der Waals surface area (Å²) in [5.74, 6) is 1.07. The number of nitrogens with zero attached hydrogens (tertiary/aromatic N) is 4. The summed E-state index contributed by atoms with van der Waals surface area (Å²) in [4.78, 5) is 13.8. The van der Waals surface area contributed by atoms with Crippen molar-refractivity contribution in [2.24, 2.45) is 0 Å². The molecule has 1 unspecified atom stereocenters. The second kappa shape index (κ2) is 6.50. The van der Waals surface area contributed by atoms with Crippen molar-refractivity contribution in [3.63, 3.8) is 0 Å². The molecule has 1 aromatic carbocycles. The molecular formula is C19H24N4O2. The summed E-state index contributed by atoms with van der Waals surface area (Å²) in [5.41, 5.74) is 4.60. The van der Waals surface area contributed by atoms with Gasteiger partial charge in [-0.25, -0.2) is 4.68 Å². The van der Waals surface area contributed by atoms with Crippen LogP contribution in [0.2, 0.25) is 0 Å². The molecule has 1 saturated heterocycles. The van der Waals surface area contributed by atoms with E-state index in [1.165, 1.54) is 17.5 Å². The van der Waals surface area contributed by atoms with Crippen LogP contribution >= 0.6 is 0 Å². The van der Waals surface area contributed by atoms with E-state index in [9.17, 15) is 4.79 Å². The molecular weight excluding hydrogens is 316 g/mol. The molecule has 25 heavy (non-hydrogen) atoms. The highest BCUT2D eigenvalue weighted by Crippen LogP contribution is 2.36. The number of hydrogen-bond acceptors (Lipinski definition) is 4. The molecule has 2 heterocycles. The summed E-state index contributed by atoms with van der Waals surface area (Å²) in [6, 6.07) is 4.44. The topological polar surface area (TPSA) is 60.2 Å². The van der Waals surface area contributed by atoms with Crippen molar-refractivity contribution < 1.29 is 9.53 Å². The van der Waals surface area contributed by atoms with Gasteiger partial charge in [0.15, 0.2) is 0 Å². The molecule has 2 aromatic rings. The van der Waals surface area contributed by atoms with Crippen molar-refractivity contribution in [3.05, 3.63) is 29.5 Å². The Hall–Kier alpha value is -2.37. The van der Waals surface area contributed by atoms with E-state index < -0.39 is 0 Å². The van der Waals surface area contributed by atoms with E-state index >= 15 is 0 Å². The van der Waals surface area contributed by atoms with Crippen LogP contribution in [0.15, 0.2) is 18.3 Å². The van der Waals surface area contributed by atoms with Crippen molar-refractivity contribution in [1.82, 2.24) is 19.9 Å². The molecule has 0 saturated carbocycles. The number of aromatic nitrogens is 3. The zero-order valence-electron chi connectivity index (χ0n) is 14.9. The lowest BCUT2D eigenvalue weighted by molar-refractivity contribution is -0.127. The summed E-state index contributed by atoms with van der Waals surface area (Å²) < 4.78 is 7.70. The molecule has 0 N–H and O–H groups in total. The maximum Gasteiger partial charge on any atom is 0.224 e. The number of rotatable bonds is 5. The van der Waals surface area contributed by atoms with Gasteiger partial charge in [-0.2, -0.15) is 0 Å². The van der Waals surface area contributed by atoms with E-state index in [2.05, 4.69) is 22.4 Å². The molecule has 132 valence electrons. The lowest BCUT2D eigenvalue weighted by Crippen LogP contribution is -2.24. The number of likely N-dealkylation sites (tertiary alicyclic amines) is 1. The molecule has 6 heteroatoms. The molecule has 1 atom stereocenters. The van der Waals surface area contributed by atoms with E-state index in [0.29, 0.717) is 19.6 Å². The highest BCUT2D eigenvalue weighted by Gasteiger charge is 2.30. The second-order valence-corrected chi connectivity index (χ2v) is 6.78. The van der Waals surface area contributed by atoms with Gasteiger partial charge in [-0.1, -0.05) is 5.21 Å². The van der Waals surface area contributed by atoms with Crippen LogP contribution < -0.4 is 4.74 Å². The zero-order valence-corrected chi connectivity index (χ0v) is 14.9. The predicted octanol–water partition coefficient (Wildman–Crippen LogP) is 2.63. The minimum atomic E-state index is 0.0682. The Labute approximate surface area is 147 Å². The van der Waals surface area contributed by atoms with Gasteiger partial charge in [-0.15, -0.1) is 5.10 Å². The van der Waals surface area contributed by atoms with Gasteiger partial charge in [0.05, 0.1) is 25.3 Å². The lowest BCUT2D eigenvalue weighted by atomic mass is 10.0. The quantitative estimate of drug-likeness (QED) is 0.839. The summed E-state index contributed by atoms with van der Waals surface area (Å²) in [7, 11) is 0. The molecule has 4 rings (SSSR count). The third-order valence-corrected chi connectivity index (χ3v) is 5.23. The Morgan fingerprint density at radius 2 is 2.04 bits per heavy atom. The summed E-state index contributed by atoms with van der Waals surface area (Å²) >= 11 is 0. The summed E-state index contributed by atoms with van der Waals surface area (Å²) in [5, 5.41) is 8.68. The summed E-state index contributed by atoms with van der Waals surface area (Å²) in [6.07, 6.45) is 5.90. The number of amides is 1. The van der Waals surface area contributed by atoms with Crippen LogP contribution in [-0.4, -0.2) is 45.5 Å². The van der Waals surface area contributed by atoms with Gasteiger partial charge in [0.2, 0.25) is 5.91 Å². The van der Waals surface area contributed by atoms with Gasteiger partial charge in [-0.05, 0) is 56.4 Å². The fourth-order valence-electron chi connectivity index (χ4n) is 3.89. The minimum Gasteiger partial charge on any atom is -0.493 e. The van der Waals surface area contributed by atoms with Crippen LogP contribution in [0, 0.1) is 0 Å². The average molecular weight is 340 g/mol. The fraction of sp³-hybridized carbons (Fsp3) is 0.526. The number of benzene rings is 1. The minimum absolute atomic E-state index is 0.0682. The molecule has 1 fully saturated rings. The third-order valence-electron chi connectivity index (χ3n) is 5.23. The van der Waals surface area contributed by atoms with Crippen molar-refractivity contribution in [2.75, 3.05) is 19.7 Å². The van der Waals surface area contributed by atoms with E-state index in [-0.39, 0.29) is 11.9 Å². The first kappa shape index (κ1) is 16.1. The molecule has 0 spiro atoms. The standard InChI is InChI=1S/C19H24N4O2/c1-3-22-11-15(10-19(22)24)23-12-17(20-21-23)16-8-13-6-5-7-14(13)9-18(16)25-4-2/h8-9,12,15H,3-7,10-11H2,1-2H3. The van der Waals surface area contributed by atoms with Gasteiger partial charge in [0.25, 0.3) is 0 Å². The summed E-state index contributed by atoms with van der Waals surface area (Å²) in [6.45, 7) is 6.09. The van der Waals surface area contributed by atoms with Crippen molar-refractivity contribution in [2.45, 2.75) is 45.6 Å². The van der Waals surface area contributed by atoms with E-state index in [0.717, 1.165) is 36.4 Å². The highest BCUT2D eigenvalue weighted by molar-refractivity contribution is 5.79. The first-order valence-corrected chi connectivity index (χ1v) is 9.18. The van der Waals surface area contributed by atoms with E-state index in [1.807, 2.05) is 29.6 Å². The van der Waals surface area contributed by atoms with Crippen LogP contribution in [0.3, 0.4) is 0 Å². The second-order valence-electron chi connectivity index (χ2n) is 6.78. The molecule has 2 aliphatic rings. The average Bonchev–Trinajstić information content (AvgIpc) is 3.32. The molecule has 1 amide bonds. The Balaban J connectivity index is 1.65. The smallest absolute Gasteiger partial charge is 0.224 e. The highest BCUT2D eigenvalue weighted by atomic mass is 16.5. The largest absolute Gasteiger partial charge is 0.493 e. The number of aryl methyl sites for hydroxylation is 2. The number of carbonyl (C=O) groups is 1. The van der Waals surface area contributed by atoms with Crippen LogP contribution in [-0.2, 0) is 17.6 Å². The van der Waals surface area contributed by atoms with Crippen LogP contribution in [0.4, 0.5) is 0 Å². The van der Waals surface area contributed by atoms with Gasteiger partial charge in [-0.3, -0.25) is 4.79 Å². The Morgan fingerprint density at radius 3 is 2.76 bits per heavy atom. The van der Waals surface area contributed by atoms with Gasteiger partial charge < -0.3 is 9.64 Å². The predicted molar refractivity (Wildman–Crippen MR) is 94.6 cm³/mol. The Morgan fingerprint density at radius 1 is 1.24 bits per heavy atom. The van der Waals surface area contributed by atoms with Crippen LogP contribution in [0.5, 0.6) is 5.75 Å². The molecule has 1 aromatic heterocycles. The van der Waals surface area contributed by atoms with Gasteiger partial charge in [0.1, 0.15) is 11.4 Å². The van der Waals surface area contributed by atoms with Crippen LogP contribution in [0.1, 0.15) is 43.9 Å². The maximum atomic E-state index is 12.0. The number of ether oxygens (including phenoxy) is 1. The van der Waals surface area contributed by atoms with Gasteiger partial charge in [0, 0.05) is 18.7 Å². The first-order chi connectivity index (χ1) is 12.2. The normalized spacial score (nSPS) is 19.5. The van der Waals surface area contributed by atoms with E-state index in [4.69, 9.17) is 4.74 Å². The van der Waals surface area contributed by atoms with Crippen molar-refractivity contribution >= 4 is 5.91 Å². The third kappa shape index (κ3) is 2.90. The van der Waals surface area contributed by atoms with Crippen molar-refractivity contribution in [1.29, 1.82) is 0 Å². The molecule has 0 bridgehead atoms.